The van der Waals surface area contributed by atoms with Gasteiger partial charge in [0.1, 0.15) is 11.1 Å². The summed E-state index contributed by atoms with van der Waals surface area (Å²) in [5.74, 6) is -25.6. The minimum atomic E-state index is -6.37. The smallest absolute Gasteiger partial charge is 0.203 e. The zero-order chi connectivity index (χ0) is 21.9. The Kier molecular flexibility index (Phi) is 5.06. The van der Waals surface area contributed by atoms with E-state index in [-0.39, 0.29) is 0 Å². The van der Waals surface area contributed by atoms with Crippen molar-refractivity contribution in [1.82, 2.24) is 0 Å². The van der Waals surface area contributed by atoms with Crippen molar-refractivity contribution in [3.05, 3.63) is 57.7 Å². The van der Waals surface area contributed by atoms with Crippen molar-refractivity contribution in [1.29, 1.82) is 0 Å². The maximum absolute atomic E-state index is 13.8. The fourth-order valence-electron chi connectivity index (χ4n) is 2.27. The number of alkyl halides is 6. The number of hydrogen-bond acceptors (Lipinski definition) is 0. The molecule has 0 unspecified atom stereocenters. The Morgan fingerprint density at radius 3 is 0.857 bits per heavy atom. The van der Waals surface area contributed by atoms with Crippen molar-refractivity contribution in [2.75, 3.05) is 0 Å². The van der Waals surface area contributed by atoms with Crippen LogP contribution in [0.4, 0.5) is 61.5 Å². The molecule has 0 heterocycles. The van der Waals surface area contributed by atoms with E-state index in [0.29, 0.717) is 0 Å². The van der Waals surface area contributed by atoms with Gasteiger partial charge in [0.05, 0.1) is 5.56 Å². The molecule has 0 amide bonds. The lowest BCUT2D eigenvalue weighted by atomic mass is 9.91. The van der Waals surface area contributed by atoms with Crippen molar-refractivity contribution in [2.24, 2.45) is 0 Å². The third-order valence-corrected chi connectivity index (χ3v) is 3.35. The fraction of sp³-hybridized carbons (Fsp3) is 0.143. The van der Waals surface area contributed by atoms with Gasteiger partial charge in [-0.1, -0.05) is 0 Å². The Hall–Kier alpha value is -2.54. The molecule has 0 N–H and O–H groups in total. The van der Waals surface area contributed by atoms with Gasteiger partial charge in [0.2, 0.25) is 5.82 Å². The monoisotopic (exact) mass is 434 g/mol. The SMILES string of the molecule is Fc1c(F)c(F)c(-c2c(C(F)(F)F)c(F)c(F)c(F)c2C(F)(F)F)c(F)c1F. The molecule has 2 aromatic carbocycles. The molecule has 0 fully saturated rings. The maximum atomic E-state index is 13.8. The average Bonchev–Trinajstić information content (AvgIpc) is 2.54. The van der Waals surface area contributed by atoms with Crippen molar-refractivity contribution in [2.45, 2.75) is 12.4 Å². The average molecular weight is 434 g/mol. The molecule has 0 saturated heterocycles. The van der Waals surface area contributed by atoms with Crippen molar-refractivity contribution >= 4 is 0 Å². The number of hydrogen-bond donors (Lipinski definition) is 0. The van der Waals surface area contributed by atoms with Crippen LogP contribution in [0.15, 0.2) is 0 Å². The van der Waals surface area contributed by atoms with Crippen LogP contribution in [0.2, 0.25) is 0 Å². The lowest BCUT2D eigenvalue weighted by Gasteiger charge is -2.22. The summed E-state index contributed by atoms with van der Waals surface area (Å²) in [6.45, 7) is 0. The van der Waals surface area contributed by atoms with E-state index >= 15 is 0 Å². The van der Waals surface area contributed by atoms with Gasteiger partial charge in [-0.2, -0.15) is 26.3 Å². The molecule has 0 nitrogen and oxygen atoms in total. The molecule has 0 aliphatic heterocycles. The summed E-state index contributed by atoms with van der Waals surface area (Å²) in [5.41, 5.74) is -12.9. The molecular weight excluding hydrogens is 434 g/mol. The van der Waals surface area contributed by atoms with Gasteiger partial charge < -0.3 is 0 Å². The molecule has 2 aromatic rings. The predicted molar refractivity (Wildman–Crippen MR) is 61.5 cm³/mol. The van der Waals surface area contributed by atoms with Crippen molar-refractivity contribution < 1.29 is 61.5 Å². The first-order chi connectivity index (χ1) is 12.5. The molecule has 0 saturated carbocycles. The van der Waals surface area contributed by atoms with Gasteiger partial charge >= 0.3 is 12.4 Å². The molecule has 154 valence electrons. The van der Waals surface area contributed by atoms with Crippen LogP contribution in [-0.2, 0) is 12.4 Å². The Bertz CT molecular complexity index is 896. The second-order valence-electron chi connectivity index (χ2n) is 5.01. The van der Waals surface area contributed by atoms with Crippen LogP contribution in [0.1, 0.15) is 11.1 Å². The molecule has 0 aliphatic carbocycles. The van der Waals surface area contributed by atoms with E-state index in [2.05, 4.69) is 0 Å². The van der Waals surface area contributed by atoms with Crippen LogP contribution >= 0.6 is 0 Å². The molecule has 0 radical (unpaired) electrons. The highest BCUT2D eigenvalue weighted by atomic mass is 19.4. The van der Waals surface area contributed by atoms with E-state index < -0.39 is 81.1 Å². The molecule has 0 atom stereocenters. The first kappa shape index (κ1) is 21.8. The lowest BCUT2D eigenvalue weighted by Crippen LogP contribution is -2.22. The van der Waals surface area contributed by atoms with E-state index in [1.807, 2.05) is 0 Å². The molecule has 0 aliphatic rings. The van der Waals surface area contributed by atoms with E-state index in [0.717, 1.165) is 0 Å². The third kappa shape index (κ3) is 3.13. The van der Waals surface area contributed by atoms with Crippen LogP contribution in [0, 0.1) is 46.5 Å². The Morgan fingerprint density at radius 2 is 0.571 bits per heavy atom. The number of rotatable bonds is 1. The molecule has 0 spiro atoms. The summed E-state index contributed by atoms with van der Waals surface area (Å²) in [6, 6.07) is 0. The minimum Gasteiger partial charge on any atom is -0.203 e. The van der Waals surface area contributed by atoms with Crippen LogP contribution in [0.3, 0.4) is 0 Å². The highest BCUT2D eigenvalue weighted by Crippen LogP contribution is 2.49. The number of benzene rings is 2. The van der Waals surface area contributed by atoms with Crippen LogP contribution in [0.5, 0.6) is 0 Å². The zero-order valence-electron chi connectivity index (χ0n) is 12.3. The topological polar surface area (TPSA) is 0 Å². The summed E-state index contributed by atoms with van der Waals surface area (Å²) >= 11 is 0. The maximum Gasteiger partial charge on any atom is 0.419 e. The summed E-state index contributed by atoms with van der Waals surface area (Å²) in [6.07, 6.45) is -12.7. The Balaban J connectivity index is 3.30. The Morgan fingerprint density at radius 1 is 0.321 bits per heavy atom. The molecule has 28 heavy (non-hydrogen) atoms. The summed E-state index contributed by atoms with van der Waals surface area (Å²) in [5, 5.41) is 0. The van der Waals surface area contributed by atoms with E-state index in [9.17, 15) is 61.5 Å². The third-order valence-electron chi connectivity index (χ3n) is 3.35. The fourth-order valence-corrected chi connectivity index (χ4v) is 2.27. The minimum absolute atomic E-state index is 2.94. The van der Waals surface area contributed by atoms with Gasteiger partial charge in [-0.05, 0) is 0 Å². The van der Waals surface area contributed by atoms with Gasteiger partial charge in [0, 0.05) is 5.56 Å². The first-order valence-electron chi connectivity index (χ1n) is 6.40. The van der Waals surface area contributed by atoms with Gasteiger partial charge in [-0.3, -0.25) is 0 Å². The molecule has 0 aromatic heterocycles. The van der Waals surface area contributed by atoms with E-state index in [1.54, 1.807) is 0 Å². The van der Waals surface area contributed by atoms with Crippen LogP contribution < -0.4 is 0 Å². The van der Waals surface area contributed by atoms with E-state index in [1.165, 1.54) is 0 Å². The van der Waals surface area contributed by atoms with E-state index in [4.69, 9.17) is 0 Å². The second kappa shape index (κ2) is 6.51. The second-order valence-corrected chi connectivity index (χ2v) is 5.01. The largest absolute Gasteiger partial charge is 0.419 e. The molecule has 0 bridgehead atoms. The van der Waals surface area contributed by atoms with Crippen LogP contribution in [-0.4, -0.2) is 0 Å². The van der Waals surface area contributed by atoms with Crippen LogP contribution in [0.25, 0.3) is 11.1 Å². The van der Waals surface area contributed by atoms with Gasteiger partial charge in [-0.25, -0.2) is 35.1 Å². The standard InChI is InChI=1S/C14F14/c15-5-2(6(16)10(20)12(22)9(5)19)1-3(13(23,24)25)7(17)11(21)8(18)4(1)14(26,27)28. The summed E-state index contributed by atoms with van der Waals surface area (Å²) in [7, 11) is 0. The first-order valence-corrected chi connectivity index (χ1v) is 6.40. The quantitative estimate of drug-likeness (QED) is 0.273. The number of halogens is 14. The summed E-state index contributed by atoms with van der Waals surface area (Å²) in [4.78, 5) is 0. The van der Waals surface area contributed by atoms with Crippen molar-refractivity contribution in [3.8, 4) is 11.1 Å². The lowest BCUT2D eigenvalue weighted by molar-refractivity contribution is -0.145. The highest BCUT2D eigenvalue weighted by molar-refractivity contribution is 5.74. The van der Waals surface area contributed by atoms with Gasteiger partial charge in [0.15, 0.2) is 40.7 Å². The molecular formula is C14F14. The normalized spacial score (nSPS) is 12.6. The van der Waals surface area contributed by atoms with Gasteiger partial charge in [0.25, 0.3) is 0 Å². The summed E-state index contributed by atoms with van der Waals surface area (Å²) < 4.78 is 186. The Labute approximate surface area is 144 Å². The highest BCUT2D eigenvalue weighted by Gasteiger charge is 2.49. The zero-order valence-corrected chi connectivity index (χ0v) is 12.3. The molecule has 14 heteroatoms. The van der Waals surface area contributed by atoms with Gasteiger partial charge in [-0.15, -0.1) is 0 Å². The molecule has 2 rings (SSSR count). The van der Waals surface area contributed by atoms with Crippen molar-refractivity contribution in [3.63, 3.8) is 0 Å². The predicted octanol–water partition coefficient (Wildman–Crippen LogP) is 6.50.